The summed E-state index contributed by atoms with van der Waals surface area (Å²) in [5.74, 6) is 0.803. The van der Waals surface area contributed by atoms with E-state index in [4.69, 9.17) is 4.98 Å². The van der Waals surface area contributed by atoms with Gasteiger partial charge >= 0.3 is 0 Å². The third-order valence-corrected chi connectivity index (χ3v) is 8.23. The van der Waals surface area contributed by atoms with Gasteiger partial charge in [-0.2, -0.15) is 0 Å². The van der Waals surface area contributed by atoms with E-state index in [1.54, 1.807) is 0 Å². The minimum absolute atomic E-state index is 0.105. The van der Waals surface area contributed by atoms with E-state index in [0.29, 0.717) is 0 Å². The maximum absolute atomic E-state index is 4.84. The lowest BCUT2D eigenvalue weighted by Gasteiger charge is -2.23. The van der Waals surface area contributed by atoms with Gasteiger partial charge in [0.25, 0.3) is 0 Å². The fraction of sp³-hybridized carbons (Fsp3) is 0.176. The molecular weight excluding hydrogens is 450 g/mol. The Morgan fingerprint density at radius 2 is 1.49 bits per heavy atom. The zero-order chi connectivity index (χ0) is 25.5. The molecule has 7 rings (SSSR count). The van der Waals surface area contributed by atoms with Crippen molar-refractivity contribution in [1.82, 2.24) is 14.5 Å². The summed E-state index contributed by atoms with van der Waals surface area (Å²) in [4.78, 5) is 9.41. The van der Waals surface area contributed by atoms with E-state index in [1.165, 1.54) is 44.1 Å². The van der Waals surface area contributed by atoms with Crippen LogP contribution in [0.2, 0.25) is 0 Å². The van der Waals surface area contributed by atoms with E-state index in [0.717, 1.165) is 34.0 Å². The second-order valence-corrected chi connectivity index (χ2v) is 10.8. The lowest BCUT2D eigenvalue weighted by molar-refractivity contribution is 0.664. The first kappa shape index (κ1) is 22.0. The minimum Gasteiger partial charge on any atom is -0.309 e. The average molecular weight is 480 g/mol. The van der Waals surface area contributed by atoms with Crippen LogP contribution in [-0.4, -0.2) is 14.5 Å². The van der Waals surface area contributed by atoms with Crippen LogP contribution in [0.1, 0.15) is 42.1 Å². The van der Waals surface area contributed by atoms with Gasteiger partial charge in [0.1, 0.15) is 5.82 Å². The first-order valence-electron chi connectivity index (χ1n) is 13.0. The van der Waals surface area contributed by atoms with Crippen molar-refractivity contribution >= 4 is 21.8 Å². The van der Waals surface area contributed by atoms with E-state index in [9.17, 15) is 0 Å². The third-order valence-electron chi connectivity index (χ3n) is 8.23. The summed E-state index contributed by atoms with van der Waals surface area (Å²) in [6.07, 6.45) is 0. The summed E-state index contributed by atoms with van der Waals surface area (Å²) in [7, 11) is 0. The number of aryl methyl sites for hydroxylation is 2. The lowest BCUT2D eigenvalue weighted by atomic mass is 9.81. The topological polar surface area (TPSA) is 30.7 Å². The molecule has 0 N–H and O–H groups in total. The van der Waals surface area contributed by atoms with E-state index in [1.807, 2.05) is 6.92 Å². The molecule has 0 bridgehead atoms. The van der Waals surface area contributed by atoms with Crippen LogP contribution in [0.3, 0.4) is 0 Å². The van der Waals surface area contributed by atoms with Crippen molar-refractivity contribution in [2.75, 3.05) is 0 Å². The zero-order valence-corrected chi connectivity index (χ0v) is 21.9. The number of nitrogens with zero attached hydrogens (tertiary/aromatic N) is 3. The Hall–Kier alpha value is -4.24. The van der Waals surface area contributed by atoms with Crippen molar-refractivity contribution in [3.05, 3.63) is 113 Å². The highest BCUT2D eigenvalue weighted by atomic mass is 15.0. The molecule has 0 radical (unpaired) electrons. The zero-order valence-electron chi connectivity index (χ0n) is 21.9. The van der Waals surface area contributed by atoms with E-state index >= 15 is 0 Å². The van der Waals surface area contributed by atoms with Crippen molar-refractivity contribution in [1.29, 1.82) is 0 Å². The quantitative estimate of drug-likeness (QED) is 0.249. The molecule has 6 aromatic rings. The molecule has 0 spiro atoms. The normalized spacial score (nSPS) is 13.8. The summed E-state index contributed by atoms with van der Waals surface area (Å²) in [5.41, 5.74) is 13.3. The molecule has 37 heavy (non-hydrogen) atoms. The Balaban J connectivity index is 1.58. The second-order valence-electron chi connectivity index (χ2n) is 10.8. The highest BCUT2D eigenvalue weighted by molar-refractivity contribution is 6.13. The SMILES string of the molecule is Cc1nc(C)c(C)c(-c2cccc(-n3c4ccccc4c4ccc5c(c43)C(C)(C)c3ccccc3-5)c2)n1. The summed E-state index contributed by atoms with van der Waals surface area (Å²) >= 11 is 0. The number of rotatable bonds is 2. The molecule has 0 saturated carbocycles. The lowest BCUT2D eigenvalue weighted by Crippen LogP contribution is -2.16. The molecule has 0 aliphatic heterocycles. The average Bonchev–Trinajstić information content (AvgIpc) is 3.36. The first-order valence-corrected chi connectivity index (χ1v) is 13.0. The standard InChI is InChI=1S/C34H29N3/c1-20-21(2)35-22(3)36-32(20)23-11-10-12-24(19-23)37-30-16-9-7-14-26(30)28-18-17-27-25-13-6-8-15-29(25)34(4,5)31(27)33(28)37/h6-19H,1-5H3. The Morgan fingerprint density at radius 1 is 0.703 bits per heavy atom. The van der Waals surface area contributed by atoms with Gasteiger partial charge in [0, 0.05) is 33.1 Å². The number of benzene rings is 4. The Kier molecular flexibility index (Phi) is 4.54. The molecule has 0 unspecified atom stereocenters. The molecule has 4 aromatic carbocycles. The van der Waals surface area contributed by atoms with Crippen LogP contribution in [0, 0.1) is 20.8 Å². The summed E-state index contributed by atoms with van der Waals surface area (Å²) in [6, 6.07) is 31.1. The molecule has 2 heterocycles. The van der Waals surface area contributed by atoms with Crippen LogP contribution in [0.5, 0.6) is 0 Å². The maximum Gasteiger partial charge on any atom is 0.126 e. The molecular formula is C34H29N3. The minimum atomic E-state index is -0.105. The van der Waals surface area contributed by atoms with Gasteiger partial charge in [-0.05, 0) is 66.8 Å². The van der Waals surface area contributed by atoms with Gasteiger partial charge in [0.2, 0.25) is 0 Å². The molecule has 1 aliphatic rings. The van der Waals surface area contributed by atoms with Gasteiger partial charge in [0.15, 0.2) is 0 Å². The Labute approximate surface area is 217 Å². The van der Waals surface area contributed by atoms with Gasteiger partial charge in [0.05, 0.1) is 16.7 Å². The van der Waals surface area contributed by atoms with Gasteiger partial charge < -0.3 is 4.57 Å². The van der Waals surface area contributed by atoms with Crippen molar-refractivity contribution < 1.29 is 0 Å². The highest BCUT2D eigenvalue weighted by Gasteiger charge is 2.38. The molecule has 180 valence electrons. The van der Waals surface area contributed by atoms with Crippen LogP contribution in [0.15, 0.2) is 84.9 Å². The highest BCUT2D eigenvalue weighted by Crippen LogP contribution is 2.52. The van der Waals surface area contributed by atoms with Crippen LogP contribution in [0.4, 0.5) is 0 Å². The van der Waals surface area contributed by atoms with Crippen molar-refractivity contribution in [3.8, 4) is 28.1 Å². The van der Waals surface area contributed by atoms with Crippen LogP contribution >= 0.6 is 0 Å². The Bertz CT molecular complexity index is 1890. The summed E-state index contributed by atoms with van der Waals surface area (Å²) < 4.78 is 2.47. The predicted octanol–water partition coefficient (Wildman–Crippen LogP) is 8.47. The second kappa shape index (κ2) is 7.63. The van der Waals surface area contributed by atoms with Crippen LogP contribution in [-0.2, 0) is 5.41 Å². The summed E-state index contributed by atoms with van der Waals surface area (Å²) in [5, 5.41) is 2.58. The van der Waals surface area contributed by atoms with E-state index < -0.39 is 0 Å². The van der Waals surface area contributed by atoms with Gasteiger partial charge in [-0.1, -0.05) is 80.6 Å². The van der Waals surface area contributed by atoms with Crippen molar-refractivity contribution in [2.24, 2.45) is 0 Å². The molecule has 3 nitrogen and oxygen atoms in total. The summed E-state index contributed by atoms with van der Waals surface area (Å²) in [6.45, 7) is 10.9. The van der Waals surface area contributed by atoms with Gasteiger partial charge in [-0.15, -0.1) is 0 Å². The van der Waals surface area contributed by atoms with Gasteiger partial charge in [-0.3, -0.25) is 0 Å². The monoisotopic (exact) mass is 479 g/mol. The molecule has 0 amide bonds. The molecule has 0 fully saturated rings. The fourth-order valence-corrected chi connectivity index (χ4v) is 6.42. The first-order chi connectivity index (χ1) is 17.9. The van der Waals surface area contributed by atoms with E-state index in [-0.39, 0.29) is 5.41 Å². The smallest absolute Gasteiger partial charge is 0.126 e. The third kappa shape index (κ3) is 3.00. The van der Waals surface area contributed by atoms with Crippen molar-refractivity contribution in [2.45, 2.75) is 40.0 Å². The number of aromatic nitrogens is 3. The molecule has 2 aromatic heterocycles. The Morgan fingerprint density at radius 3 is 2.35 bits per heavy atom. The van der Waals surface area contributed by atoms with Gasteiger partial charge in [-0.25, -0.2) is 9.97 Å². The maximum atomic E-state index is 4.84. The van der Waals surface area contributed by atoms with Crippen LogP contribution < -0.4 is 0 Å². The van der Waals surface area contributed by atoms with Crippen LogP contribution in [0.25, 0.3) is 49.9 Å². The number of fused-ring (bicyclic) bond motifs is 7. The number of hydrogen-bond acceptors (Lipinski definition) is 2. The van der Waals surface area contributed by atoms with E-state index in [2.05, 4.69) is 122 Å². The molecule has 0 atom stereocenters. The molecule has 1 aliphatic carbocycles. The number of para-hydroxylation sites is 1. The largest absolute Gasteiger partial charge is 0.309 e. The molecule has 3 heteroatoms. The van der Waals surface area contributed by atoms with Crippen molar-refractivity contribution in [3.63, 3.8) is 0 Å². The molecule has 0 saturated heterocycles. The predicted molar refractivity (Wildman–Crippen MR) is 154 cm³/mol. The number of hydrogen-bond donors (Lipinski definition) is 0. The fourth-order valence-electron chi connectivity index (χ4n) is 6.42.